The summed E-state index contributed by atoms with van der Waals surface area (Å²) in [5.41, 5.74) is 16.5. The van der Waals surface area contributed by atoms with Gasteiger partial charge in [0.05, 0.1) is 16.6 Å². The molecule has 0 fully saturated rings. The Hall–Kier alpha value is -7.10. The van der Waals surface area contributed by atoms with Crippen molar-refractivity contribution in [1.82, 2.24) is 4.40 Å². The minimum absolute atomic E-state index is 0.862. The summed E-state index contributed by atoms with van der Waals surface area (Å²) in [6, 6.07) is 73.2. The Morgan fingerprint density at radius 3 is 1.36 bits per heavy atom. The lowest BCUT2D eigenvalue weighted by atomic mass is 10.0. The van der Waals surface area contributed by atoms with Crippen molar-refractivity contribution in [3.8, 4) is 44.5 Å². The molecule has 0 saturated heterocycles. The topological polar surface area (TPSA) is 20.8 Å². The van der Waals surface area contributed by atoms with Crippen LogP contribution < -0.4 is 4.90 Å². The average Bonchev–Trinajstić information content (AvgIpc) is 3.77. The maximum absolute atomic E-state index is 6.70. The third kappa shape index (κ3) is 5.38. The number of hydrogen-bond donors (Lipinski definition) is 0. The number of rotatable bonds is 7. The lowest BCUT2D eigenvalue weighted by Gasteiger charge is -2.26. The Bertz CT molecular complexity index is 2750. The maximum atomic E-state index is 6.70. The second-order valence-electron chi connectivity index (χ2n) is 13.4. The van der Waals surface area contributed by atoms with Gasteiger partial charge in [-0.05, 0) is 81.9 Å². The van der Waals surface area contributed by atoms with Crippen LogP contribution in [0.4, 0.5) is 17.1 Å². The van der Waals surface area contributed by atoms with Gasteiger partial charge in [-0.25, -0.2) is 0 Å². The summed E-state index contributed by atoms with van der Waals surface area (Å²) in [6.07, 6.45) is 0. The van der Waals surface area contributed by atoms with E-state index in [2.05, 4.69) is 216 Å². The quantitative estimate of drug-likeness (QED) is 0.167. The zero-order chi connectivity index (χ0) is 35.1. The Balaban J connectivity index is 1.09. The molecule has 0 radical (unpaired) electrons. The molecular formula is C50H34N2O. The minimum Gasteiger partial charge on any atom is -0.438 e. The molecule has 2 heterocycles. The Kier molecular flexibility index (Phi) is 7.47. The molecule has 0 N–H and O–H groups in total. The lowest BCUT2D eigenvalue weighted by molar-refractivity contribution is 0.658. The number of anilines is 3. The monoisotopic (exact) mass is 678 g/mol. The van der Waals surface area contributed by atoms with Gasteiger partial charge in [0, 0.05) is 28.0 Å². The van der Waals surface area contributed by atoms with Crippen LogP contribution in [0.1, 0.15) is 0 Å². The van der Waals surface area contributed by atoms with Gasteiger partial charge in [0.1, 0.15) is 0 Å². The fraction of sp³-hybridized carbons (Fsp3) is 0. The standard InChI is InChI=1S/C50H34N2O/c1-4-13-35(14-5-1)37-23-29-41(30-24-37)51(42-31-25-38(26-32-42)36-15-6-2-7-16-36)43-33-27-39(28-34-43)44-20-12-22-47-49(44)52-46-21-11-10-19-45(46)48(50(52)53-47)40-17-8-3-9-18-40/h1-34H. The molecule has 0 aliphatic carbocycles. The average molecular weight is 679 g/mol. The summed E-state index contributed by atoms with van der Waals surface area (Å²) in [6.45, 7) is 0. The molecule has 0 amide bonds. The molecule has 53 heavy (non-hydrogen) atoms. The summed E-state index contributed by atoms with van der Waals surface area (Å²) < 4.78 is 9.00. The van der Waals surface area contributed by atoms with Crippen LogP contribution in [0.25, 0.3) is 72.2 Å². The molecule has 8 aromatic carbocycles. The normalized spacial score (nSPS) is 11.4. The summed E-state index contributed by atoms with van der Waals surface area (Å²) in [7, 11) is 0. The number of benzene rings is 8. The van der Waals surface area contributed by atoms with Crippen LogP contribution in [-0.2, 0) is 0 Å². The summed E-state index contributed by atoms with van der Waals surface area (Å²) >= 11 is 0. The van der Waals surface area contributed by atoms with Crippen LogP contribution in [0.2, 0.25) is 0 Å². The van der Waals surface area contributed by atoms with Crippen LogP contribution in [0, 0.1) is 0 Å². The van der Waals surface area contributed by atoms with Gasteiger partial charge >= 0.3 is 0 Å². The fourth-order valence-corrected chi connectivity index (χ4v) is 7.70. The molecule has 3 nitrogen and oxygen atoms in total. The number of hydrogen-bond acceptors (Lipinski definition) is 2. The van der Waals surface area contributed by atoms with E-state index in [-0.39, 0.29) is 0 Å². The third-order valence-electron chi connectivity index (χ3n) is 10.2. The van der Waals surface area contributed by atoms with E-state index in [9.17, 15) is 0 Å². The highest BCUT2D eigenvalue weighted by Gasteiger charge is 2.22. The largest absolute Gasteiger partial charge is 0.438 e. The van der Waals surface area contributed by atoms with Crippen LogP contribution in [-0.4, -0.2) is 4.40 Å². The van der Waals surface area contributed by atoms with Crippen molar-refractivity contribution in [3.63, 3.8) is 0 Å². The van der Waals surface area contributed by atoms with E-state index in [1.54, 1.807) is 0 Å². The molecule has 0 unspecified atom stereocenters. The molecule has 3 heteroatoms. The van der Waals surface area contributed by atoms with Crippen molar-refractivity contribution in [2.75, 3.05) is 4.90 Å². The minimum atomic E-state index is 0.862. The van der Waals surface area contributed by atoms with E-state index in [1.165, 1.54) is 27.6 Å². The van der Waals surface area contributed by atoms with Crippen molar-refractivity contribution in [3.05, 3.63) is 206 Å². The molecule has 10 aromatic rings. The first-order valence-electron chi connectivity index (χ1n) is 18.0. The van der Waals surface area contributed by atoms with Crippen LogP contribution >= 0.6 is 0 Å². The first-order valence-corrected chi connectivity index (χ1v) is 18.0. The number of oxazole rings is 1. The van der Waals surface area contributed by atoms with Crippen molar-refractivity contribution >= 4 is 44.8 Å². The summed E-state index contributed by atoms with van der Waals surface area (Å²) in [5.74, 6) is 0. The molecule has 10 rings (SSSR count). The van der Waals surface area contributed by atoms with Gasteiger partial charge in [-0.2, -0.15) is 0 Å². The molecule has 2 aromatic heterocycles. The number of para-hydroxylation sites is 2. The SMILES string of the molecule is c1ccc(-c2ccc(N(c3ccc(-c4ccccc4)cc3)c3ccc(-c4cccc5oc6c(-c7ccccc7)c7ccccc7n6c45)cc3)cc2)cc1. The Morgan fingerprint density at radius 1 is 0.358 bits per heavy atom. The van der Waals surface area contributed by atoms with Gasteiger partial charge in [0.2, 0.25) is 5.71 Å². The van der Waals surface area contributed by atoms with E-state index >= 15 is 0 Å². The van der Waals surface area contributed by atoms with Crippen molar-refractivity contribution < 1.29 is 4.42 Å². The first-order chi connectivity index (χ1) is 26.3. The van der Waals surface area contributed by atoms with Gasteiger partial charge in [-0.3, -0.25) is 4.40 Å². The van der Waals surface area contributed by atoms with Gasteiger partial charge in [-0.1, -0.05) is 158 Å². The highest BCUT2D eigenvalue weighted by atomic mass is 16.3. The summed E-state index contributed by atoms with van der Waals surface area (Å²) in [4.78, 5) is 2.33. The molecule has 0 aliphatic rings. The van der Waals surface area contributed by atoms with Crippen LogP contribution in [0.3, 0.4) is 0 Å². The van der Waals surface area contributed by atoms with Gasteiger partial charge < -0.3 is 9.32 Å². The second-order valence-corrected chi connectivity index (χ2v) is 13.4. The molecule has 0 aliphatic heterocycles. The van der Waals surface area contributed by atoms with Gasteiger partial charge in [0.15, 0.2) is 5.58 Å². The fourth-order valence-electron chi connectivity index (χ4n) is 7.70. The second kappa shape index (κ2) is 12.9. The molecule has 0 atom stereocenters. The smallest absolute Gasteiger partial charge is 0.213 e. The zero-order valence-corrected chi connectivity index (χ0v) is 28.9. The lowest BCUT2D eigenvalue weighted by Crippen LogP contribution is -2.09. The van der Waals surface area contributed by atoms with Gasteiger partial charge in [-0.15, -0.1) is 0 Å². The molecule has 0 bridgehead atoms. The molecule has 0 saturated carbocycles. The van der Waals surface area contributed by atoms with E-state index < -0.39 is 0 Å². The van der Waals surface area contributed by atoms with Crippen molar-refractivity contribution in [2.45, 2.75) is 0 Å². The van der Waals surface area contributed by atoms with E-state index in [1.807, 2.05) is 0 Å². The third-order valence-corrected chi connectivity index (χ3v) is 10.2. The van der Waals surface area contributed by atoms with Crippen LogP contribution in [0.5, 0.6) is 0 Å². The molecule has 250 valence electrons. The Morgan fingerprint density at radius 2 is 0.811 bits per heavy atom. The number of fused-ring (bicyclic) bond motifs is 5. The number of nitrogens with zero attached hydrogens (tertiary/aromatic N) is 2. The molecular weight excluding hydrogens is 645 g/mol. The zero-order valence-electron chi connectivity index (χ0n) is 28.9. The van der Waals surface area contributed by atoms with Crippen molar-refractivity contribution in [2.24, 2.45) is 0 Å². The highest BCUT2D eigenvalue weighted by Crippen LogP contribution is 2.43. The van der Waals surface area contributed by atoms with Gasteiger partial charge in [0.25, 0.3) is 0 Å². The Labute approximate surface area is 308 Å². The van der Waals surface area contributed by atoms with E-state index in [0.717, 1.165) is 61.6 Å². The highest BCUT2D eigenvalue weighted by molar-refractivity contribution is 6.09. The van der Waals surface area contributed by atoms with E-state index in [0.29, 0.717) is 0 Å². The number of aromatic nitrogens is 1. The predicted molar refractivity (Wildman–Crippen MR) is 221 cm³/mol. The van der Waals surface area contributed by atoms with E-state index in [4.69, 9.17) is 4.42 Å². The first kappa shape index (κ1) is 30.7. The predicted octanol–water partition coefficient (Wildman–Crippen LogP) is 14.0. The molecule has 0 spiro atoms. The van der Waals surface area contributed by atoms with Crippen LogP contribution in [0.15, 0.2) is 211 Å². The van der Waals surface area contributed by atoms with Crippen molar-refractivity contribution in [1.29, 1.82) is 0 Å². The summed E-state index contributed by atoms with van der Waals surface area (Å²) in [5, 5.41) is 1.18. The maximum Gasteiger partial charge on any atom is 0.213 e.